The number of carbonyl (C=O) groups excluding carboxylic acids is 2. The van der Waals surface area contributed by atoms with E-state index in [9.17, 15) is 9.59 Å². The quantitative estimate of drug-likeness (QED) is 0.645. The third-order valence-corrected chi connectivity index (χ3v) is 2.66. The van der Waals surface area contributed by atoms with Crippen LogP contribution in [0.2, 0.25) is 0 Å². The molecule has 5 nitrogen and oxygen atoms in total. The minimum absolute atomic E-state index is 0. The van der Waals surface area contributed by atoms with Gasteiger partial charge >= 0.3 is 0 Å². The Morgan fingerprint density at radius 2 is 1.78 bits per heavy atom. The largest absolute Gasteiger partial charge is 0.354 e. The molecular formula is C12H26ClN3O2. The molecule has 0 fully saturated rings. The average Bonchev–Trinajstić information content (AvgIpc) is 2.25. The van der Waals surface area contributed by atoms with Crippen molar-refractivity contribution in [2.75, 3.05) is 6.54 Å². The third kappa shape index (κ3) is 8.31. The van der Waals surface area contributed by atoms with Gasteiger partial charge < -0.3 is 16.4 Å². The molecule has 0 saturated carbocycles. The first-order chi connectivity index (χ1) is 7.88. The summed E-state index contributed by atoms with van der Waals surface area (Å²) < 4.78 is 0. The number of hydrogen-bond donors (Lipinski definition) is 3. The van der Waals surface area contributed by atoms with Crippen LogP contribution >= 0.6 is 12.4 Å². The first-order valence-corrected chi connectivity index (χ1v) is 6.21. The Hall–Kier alpha value is -0.810. The highest BCUT2D eigenvalue weighted by atomic mass is 35.5. The Kier molecular flexibility index (Phi) is 11.0. The zero-order valence-corrected chi connectivity index (χ0v) is 12.5. The lowest BCUT2D eigenvalue weighted by Crippen LogP contribution is -2.45. The summed E-state index contributed by atoms with van der Waals surface area (Å²) in [6, 6.07) is -0.367. The molecule has 0 rings (SSSR count). The molecule has 0 aromatic heterocycles. The summed E-state index contributed by atoms with van der Waals surface area (Å²) >= 11 is 0. The standard InChI is InChI=1S/C12H25N3O2.ClH/c1-5-9(4)11(13)12(17)14-7-6-10(16)15-8(2)3;/h8-9,11H,5-7,13H2,1-4H3,(H,14,17)(H,15,16);1H. The lowest BCUT2D eigenvalue weighted by atomic mass is 9.99. The number of hydrogen-bond acceptors (Lipinski definition) is 3. The molecule has 0 aliphatic rings. The maximum atomic E-state index is 11.6. The van der Waals surface area contributed by atoms with E-state index in [1.807, 2.05) is 27.7 Å². The minimum Gasteiger partial charge on any atom is -0.354 e. The van der Waals surface area contributed by atoms with Crippen molar-refractivity contribution in [1.82, 2.24) is 10.6 Å². The van der Waals surface area contributed by atoms with Gasteiger partial charge in [0.25, 0.3) is 0 Å². The zero-order chi connectivity index (χ0) is 13.4. The van der Waals surface area contributed by atoms with E-state index in [1.165, 1.54) is 0 Å². The Morgan fingerprint density at radius 1 is 1.22 bits per heavy atom. The topological polar surface area (TPSA) is 84.2 Å². The van der Waals surface area contributed by atoms with E-state index in [2.05, 4.69) is 10.6 Å². The van der Waals surface area contributed by atoms with E-state index in [0.717, 1.165) is 6.42 Å². The summed E-state index contributed by atoms with van der Waals surface area (Å²) in [5, 5.41) is 5.44. The van der Waals surface area contributed by atoms with Crippen LogP contribution in [0.1, 0.15) is 40.5 Å². The predicted octanol–water partition coefficient (Wildman–Crippen LogP) is 0.813. The van der Waals surface area contributed by atoms with E-state index in [0.29, 0.717) is 6.54 Å². The normalized spacial score (nSPS) is 13.4. The van der Waals surface area contributed by atoms with Crippen molar-refractivity contribution >= 4 is 24.2 Å². The average molecular weight is 280 g/mol. The van der Waals surface area contributed by atoms with Gasteiger partial charge in [0.15, 0.2) is 0 Å². The molecule has 0 aromatic carbocycles. The van der Waals surface area contributed by atoms with E-state index < -0.39 is 6.04 Å². The number of carbonyl (C=O) groups is 2. The van der Waals surface area contributed by atoms with E-state index in [1.54, 1.807) is 0 Å². The van der Waals surface area contributed by atoms with Crippen molar-refractivity contribution in [3.8, 4) is 0 Å². The molecule has 0 radical (unpaired) electrons. The predicted molar refractivity (Wildman–Crippen MR) is 75.6 cm³/mol. The molecule has 4 N–H and O–H groups in total. The van der Waals surface area contributed by atoms with Crippen LogP contribution in [0.15, 0.2) is 0 Å². The highest BCUT2D eigenvalue weighted by molar-refractivity contribution is 5.85. The van der Waals surface area contributed by atoms with Crippen molar-refractivity contribution in [1.29, 1.82) is 0 Å². The number of nitrogens with two attached hydrogens (primary N) is 1. The van der Waals surface area contributed by atoms with Crippen LogP contribution in [0.25, 0.3) is 0 Å². The monoisotopic (exact) mass is 279 g/mol. The summed E-state index contributed by atoms with van der Waals surface area (Å²) in [4.78, 5) is 22.9. The molecule has 0 spiro atoms. The van der Waals surface area contributed by atoms with Gasteiger partial charge in [0.05, 0.1) is 6.04 Å². The molecule has 0 aliphatic carbocycles. The summed E-state index contributed by atoms with van der Waals surface area (Å²) in [5.41, 5.74) is 5.76. The van der Waals surface area contributed by atoms with Crippen LogP contribution in [0, 0.1) is 5.92 Å². The second kappa shape index (κ2) is 10.1. The van der Waals surface area contributed by atoms with Gasteiger partial charge in [0.2, 0.25) is 11.8 Å². The maximum absolute atomic E-state index is 11.6. The molecular weight excluding hydrogens is 254 g/mol. The van der Waals surface area contributed by atoms with Crippen molar-refractivity contribution < 1.29 is 9.59 Å². The van der Waals surface area contributed by atoms with E-state index in [-0.39, 0.29) is 42.6 Å². The highest BCUT2D eigenvalue weighted by Gasteiger charge is 2.18. The van der Waals surface area contributed by atoms with Gasteiger partial charge in [-0.15, -0.1) is 12.4 Å². The molecule has 0 saturated heterocycles. The van der Waals surface area contributed by atoms with Gasteiger partial charge in [0, 0.05) is 19.0 Å². The third-order valence-electron chi connectivity index (χ3n) is 2.66. The van der Waals surface area contributed by atoms with Crippen molar-refractivity contribution in [3.63, 3.8) is 0 Å². The number of rotatable bonds is 7. The van der Waals surface area contributed by atoms with Gasteiger partial charge in [-0.05, 0) is 19.8 Å². The first-order valence-electron chi connectivity index (χ1n) is 6.21. The molecule has 2 atom stereocenters. The maximum Gasteiger partial charge on any atom is 0.237 e. The van der Waals surface area contributed by atoms with Gasteiger partial charge in [-0.25, -0.2) is 0 Å². The fourth-order valence-corrected chi connectivity index (χ4v) is 1.32. The molecule has 2 unspecified atom stereocenters. The molecule has 0 aromatic rings. The second-order valence-electron chi connectivity index (χ2n) is 4.67. The van der Waals surface area contributed by atoms with Crippen LogP contribution in [0.3, 0.4) is 0 Å². The Morgan fingerprint density at radius 3 is 2.22 bits per heavy atom. The van der Waals surface area contributed by atoms with Crippen LogP contribution in [0.5, 0.6) is 0 Å². The summed E-state index contributed by atoms with van der Waals surface area (Å²) in [7, 11) is 0. The Balaban J connectivity index is 0. The Bertz CT molecular complexity index is 260. The number of nitrogens with one attached hydrogen (secondary N) is 2. The molecule has 18 heavy (non-hydrogen) atoms. The molecule has 6 heteroatoms. The van der Waals surface area contributed by atoms with E-state index >= 15 is 0 Å². The summed E-state index contributed by atoms with van der Waals surface area (Å²) in [6.45, 7) is 8.07. The summed E-state index contributed by atoms with van der Waals surface area (Å²) in [5.74, 6) is -0.0893. The van der Waals surface area contributed by atoms with Crippen LogP contribution in [-0.4, -0.2) is 30.4 Å². The molecule has 2 amide bonds. The van der Waals surface area contributed by atoms with E-state index in [4.69, 9.17) is 5.73 Å². The van der Waals surface area contributed by atoms with Crippen molar-refractivity contribution in [2.45, 2.75) is 52.6 Å². The smallest absolute Gasteiger partial charge is 0.237 e. The van der Waals surface area contributed by atoms with Crippen LogP contribution in [-0.2, 0) is 9.59 Å². The SMILES string of the molecule is CCC(C)C(N)C(=O)NCCC(=O)NC(C)C.Cl. The molecule has 0 aliphatic heterocycles. The minimum atomic E-state index is -0.492. The van der Waals surface area contributed by atoms with Gasteiger partial charge in [-0.3, -0.25) is 9.59 Å². The summed E-state index contributed by atoms with van der Waals surface area (Å²) in [6.07, 6.45) is 1.15. The van der Waals surface area contributed by atoms with Crippen LogP contribution in [0.4, 0.5) is 0 Å². The van der Waals surface area contributed by atoms with Gasteiger partial charge in [-0.1, -0.05) is 20.3 Å². The number of halogens is 1. The van der Waals surface area contributed by atoms with Gasteiger partial charge in [-0.2, -0.15) is 0 Å². The second-order valence-corrected chi connectivity index (χ2v) is 4.67. The molecule has 108 valence electrons. The number of amides is 2. The lowest BCUT2D eigenvalue weighted by molar-refractivity contribution is -0.124. The molecule has 0 bridgehead atoms. The fraction of sp³-hybridized carbons (Fsp3) is 0.833. The molecule has 0 heterocycles. The Labute approximate surface area is 116 Å². The zero-order valence-electron chi connectivity index (χ0n) is 11.7. The first kappa shape index (κ1) is 19.5. The van der Waals surface area contributed by atoms with Gasteiger partial charge in [0.1, 0.15) is 0 Å². The van der Waals surface area contributed by atoms with Crippen molar-refractivity contribution in [2.24, 2.45) is 11.7 Å². The fourth-order valence-electron chi connectivity index (χ4n) is 1.32. The van der Waals surface area contributed by atoms with Crippen molar-refractivity contribution in [3.05, 3.63) is 0 Å². The van der Waals surface area contributed by atoms with Crippen LogP contribution < -0.4 is 16.4 Å². The lowest BCUT2D eigenvalue weighted by Gasteiger charge is -2.17. The highest BCUT2D eigenvalue weighted by Crippen LogP contribution is 2.04.